The van der Waals surface area contributed by atoms with Crippen LogP contribution in [0.2, 0.25) is 0 Å². The number of carbonyl (C=O) groups is 2. The minimum absolute atomic E-state index is 0.136. The molecule has 1 aliphatic rings. The second-order valence-electron chi connectivity index (χ2n) is 9.77. The van der Waals surface area contributed by atoms with Gasteiger partial charge in [-0.25, -0.2) is 4.79 Å². The average molecular weight is 597 g/mol. The molecule has 0 saturated heterocycles. The van der Waals surface area contributed by atoms with Crippen molar-refractivity contribution in [3.8, 4) is 28.3 Å². The van der Waals surface area contributed by atoms with Crippen LogP contribution in [-0.4, -0.2) is 46.6 Å². The Hall–Kier alpha value is -3.15. The first-order valence-corrected chi connectivity index (χ1v) is 16.0. The fraction of sp³-hybridized carbons (Fsp3) is 0.379. The van der Waals surface area contributed by atoms with Gasteiger partial charge in [0.15, 0.2) is 11.0 Å². The van der Waals surface area contributed by atoms with Crippen molar-refractivity contribution >= 4 is 51.3 Å². The number of ether oxygens (including phenoxy) is 2. The first-order chi connectivity index (χ1) is 19.4. The molecular formula is C29H32N4O4S3. The van der Waals surface area contributed by atoms with E-state index in [4.69, 9.17) is 9.47 Å². The van der Waals surface area contributed by atoms with Crippen LogP contribution in [0.3, 0.4) is 0 Å². The number of thioether (sulfide) groups is 1. The fourth-order valence-corrected chi connectivity index (χ4v) is 7.90. The molecule has 1 aromatic carbocycles. The molecular weight excluding hydrogens is 565 g/mol. The first-order valence-electron chi connectivity index (χ1n) is 13.2. The summed E-state index contributed by atoms with van der Waals surface area (Å²) in [5.74, 6) is 1.72. The summed E-state index contributed by atoms with van der Waals surface area (Å²) in [6.07, 6.45) is 4.32. The van der Waals surface area contributed by atoms with Crippen LogP contribution in [-0.2, 0) is 28.9 Å². The Morgan fingerprint density at radius 2 is 1.90 bits per heavy atom. The minimum atomic E-state index is -0.504. The van der Waals surface area contributed by atoms with Gasteiger partial charge in [-0.15, -0.1) is 32.9 Å². The van der Waals surface area contributed by atoms with E-state index in [1.165, 1.54) is 52.6 Å². The number of thiophene rings is 2. The van der Waals surface area contributed by atoms with E-state index in [1.807, 2.05) is 41.0 Å². The number of rotatable bonds is 10. The molecule has 4 aromatic rings. The summed E-state index contributed by atoms with van der Waals surface area (Å²) < 4.78 is 12.4. The molecule has 11 heteroatoms. The predicted octanol–water partition coefficient (Wildman–Crippen LogP) is 6.80. The maximum Gasteiger partial charge on any atom is 0.341 e. The number of amides is 1. The molecule has 3 aromatic heterocycles. The number of esters is 1. The Bertz CT molecular complexity index is 1510. The molecule has 1 N–H and O–H groups in total. The highest BCUT2D eigenvalue weighted by atomic mass is 32.2. The Morgan fingerprint density at radius 3 is 2.62 bits per heavy atom. The molecule has 0 spiro atoms. The van der Waals surface area contributed by atoms with Gasteiger partial charge in [0, 0.05) is 33.3 Å². The first kappa shape index (κ1) is 28.4. The molecule has 0 radical (unpaired) electrons. The van der Waals surface area contributed by atoms with Gasteiger partial charge >= 0.3 is 5.97 Å². The van der Waals surface area contributed by atoms with Crippen LogP contribution < -0.4 is 10.1 Å². The second-order valence-corrected chi connectivity index (χ2v) is 12.6. The van der Waals surface area contributed by atoms with Gasteiger partial charge in [0.1, 0.15) is 16.3 Å². The molecule has 1 atom stereocenters. The van der Waals surface area contributed by atoms with E-state index >= 15 is 0 Å². The lowest BCUT2D eigenvalue weighted by atomic mass is 9.88. The highest BCUT2D eigenvalue weighted by Crippen LogP contribution is 2.39. The van der Waals surface area contributed by atoms with Crippen molar-refractivity contribution in [1.29, 1.82) is 0 Å². The fourth-order valence-electron chi connectivity index (χ4n) is 4.92. The third-order valence-corrected chi connectivity index (χ3v) is 9.89. The molecule has 5 rings (SSSR count). The van der Waals surface area contributed by atoms with Gasteiger partial charge in [-0.2, -0.15) is 0 Å². The number of carbonyl (C=O) groups excluding carboxylic acids is 2. The number of fused-ring (bicyclic) bond motifs is 1. The molecule has 1 amide bonds. The maximum atomic E-state index is 13.1. The molecule has 1 aliphatic carbocycles. The average Bonchev–Trinajstić information content (AvgIpc) is 3.68. The second kappa shape index (κ2) is 12.6. The molecule has 40 heavy (non-hydrogen) atoms. The van der Waals surface area contributed by atoms with Gasteiger partial charge in [0.05, 0.1) is 20.0 Å². The number of aromatic nitrogens is 3. The van der Waals surface area contributed by atoms with Crippen LogP contribution in [0.25, 0.3) is 22.5 Å². The van der Waals surface area contributed by atoms with Gasteiger partial charge in [0.2, 0.25) is 5.91 Å². The summed E-state index contributed by atoms with van der Waals surface area (Å²) in [7, 11) is 2.94. The van der Waals surface area contributed by atoms with Crippen LogP contribution in [0.4, 0.5) is 5.00 Å². The van der Waals surface area contributed by atoms with Crippen LogP contribution in [0.1, 0.15) is 47.5 Å². The molecule has 0 fully saturated rings. The minimum Gasteiger partial charge on any atom is -0.497 e. The summed E-state index contributed by atoms with van der Waals surface area (Å²) in [4.78, 5) is 27.2. The maximum absolute atomic E-state index is 13.1. The van der Waals surface area contributed by atoms with Crippen LogP contribution in [0.5, 0.6) is 5.75 Å². The molecule has 3 heterocycles. The van der Waals surface area contributed by atoms with E-state index in [0.29, 0.717) is 22.0 Å². The lowest BCUT2D eigenvalue weighted by Crippen LogP contribution is -2.16. The molecule has 8 nitrogen and oxygen atoms in total. The van der Waals surface area contributed by atoms with E-state index < -0.39 is 5.97 Å². The Kier molecular flexibility index (Phi) is 8.92. The molecule has 210 valence electrons. The summed E-state index contributed by atoms with van der Waals surface area (Å²) in [5, 5.41) is 17.2. The van der Waals surface area contributed by atoms with Gasteiger partial charge in [-0.05, 0) is 54.9 Å². The number of anilines is 1. The van der Waals surface area contributed by atoms with Gasteiger partial charge in [-0.3, -0.25) is 4.79 Å². The molecule has 1 unspecified atom stereocenters. The highest BCUT2D eigenvalue weighted by Gasteiger charge is 2.26. The smallest absolute Gasteiger partial charge is 0.341 e. The quantitative estimate of drug-likeness (QED) is 0.159. The number of benzene rings is 1. The lowest BCUT2D eigenvalue weighted by molar-refractivity contribution is -0.113. The van der Waals surface area contributed by atoms with Gasteiger partial charge in [-0.1, -0.05) is 37.7 Å². The Balaban J connectivity index is 1.33. The standard InChI is InChI=1S/C29H32N4O4S3/c1-5-12-33-26(22-15-38-23-13-17(2)6-11-20(22)23)31-32-29(33)40-16-24(34)30-27-25(28(35)37-4)21(14-39-27)18-7-9-19(36-3)10-8-18/h7-10,14-15,17H,5-6,11-13,16H2,1-4H3,(H,30,34). The van der Waals surface area contributed by atoms with Crippen molar-refractivity contribution in [3.63, 3.8) is 0 Å². The number of hydrogen-bond acceptors (Lipinski definition) is 9. The third kappa shape index (κ3) is 5.82. The highest BCUT2D eigenvalue weighted by molar-refractivity contribution is 7.99. The van der Waals surface area contributed by atoms with E-state index in [-0.39, 0.29) is 11.7 Å². The van der Waals surface area contributed by atoms with E-state index in [0.717, 1.165) is 48.1 Å². The van der Waals surface area contributed by atoms with Crippen molar-refractivity contribution in [2.75, 3.05) is 25.3 Å². The number of nitrogens with zero attached hydrogens (tertiary/aromatic N) is 3. The van der Waals surface area contributed by atoms with Crippen molar-refractivity contribution in [2.24, 2.45) is 5.92 Å². The van der Waals surface area contributed by atoms with E-state index in [9.17, 15) is 9.59 Å². The van der Waals surface area contributed by atoms with Crippen molar-refractivity contribution in [2.45, 2.75) is 51.2 Å². The Labute approximate surface area is 246 Å². The lowest BCUT2D eigenvalue weighted by Gasteiger charge is -2.19. The zero-order valence-electron chi connectivity index (χ0n) is 23.0. The van der Waals surface area contributed by atoms with Crippen LogP contribution in [0, 0.1) is 5.92 Å². The van der Waals surface area contributed by atoms with Crippen molar-refractivity contribution < 1.29 is 19.1 Å². The van der Waals surface area contributed by atoms with Gasteiger partial charge in [0.25, 0.3) is 0 Å². The molecule has 0 bridgehead atoms. The van der Waals surface area contributed by atoms with E-state index in [2.05, 4.69) is 39.3 Å². The largest absolute Gasteiger partial charge is 0.497 e. The van der Waals surface area contributed by atoms with Crippen molar-refractivity contribution in [1.82, 2.24) is 14.8 Å². The number of methoxy groups -OCH3 is 2. The summed E-state index contributed by atoms with van der Waals surface area (Å²) in [5.41, 5.74) is 4.45. The summed E-state index contributed by atoms with van der Waals surface area (Å²) in [6.45, 7) is 5.21. The summed E-state index contributed by atoms with van der Waals surface area (Å²) >= 11 is 4.47. The van der Waals surface area contributed by atoms with Crippen molar-refractivity contribution in [3.05, 3.63) is 51.0 Å². The molecule has 0 aliphatic heterocycles. The molecule has 0 saturated carbocycles. The third-order valence-electron chi connectivity index (χ3n) is 6.97. The normalized spacial score (nSPS) is 14.6. The Morgan fingerprint density at radius 1 is 1.12 bits per heavy atom. The zero-order valence-corrected chi connectivity index (χ0v) is 25.4. The predicted molar refractivity (Wildman–Crippen MR) is 162 cm³/mol. The summed E-state index contributed by atoms with van der Waals surface area (Å²) in [6, 6.07) is 7.41. The van der Waals surface area contributed by atoms with Gasteiger partial charge < -0.3 is 19.4 Å². The number of nitrogens with one attached hydrogen (secondary N) is 1. The monoisotopic (exact) mass is 596 g/mol. The number of hydrogen-bond donors (Lipinski definition) is 1. The van der Waals surface area contributed by atoms with Crippen LogP contribution >= 0.6 is 34.4 Å². The van der Waals surface area contributed by atoms with Crippen LogP contribution in [0.15, 0.2) is 40.2 Å². The SMILES string of the molecule is CCCn1c(SCC(=O)Nc2scc(-c3ccc(OC)cc3)c2C(=O)OC)nnc1-c1csc2c1CCC(C)C2. The van der Waals surface area contributed by atoms with E-state index in [1.54, 1.807) is 7.11 Å². The zero-order chi connectivity index (χ0) is 28.2. The topological polar surface area (TPSA) is 95.3 Å².